The summed E-state index contributed by atoms with van der Waals surface area (Å²) in [5.41, 5.74) is 0. The van der Waals surface area contributed by atoms with Gasteiger partial charge in [-0.3, -0.25) is 9.59 Å². The van der Waals surface area contributed by atoms with Crippen LogP contribution in [0.5, 0.6) is 0 Å². The first-order chi connectivity index (χ1) is 6.82. The van der Waals surface area contributed by atoms with Gasteiger partial charge >= 0.3 is 11.9 Å². The number of carbonyl (C=O) groups is 2. The van der Waals surface area contributed by atoms with E-state index in [4.69, 9.17) is 10.2 Å². The predicted octanol–water partition coefficient (Wildman–Crippen LogP) is -0.403. The second kappa shape index (κ2) is 4.18. The van der Waals surface area contributed by atoms with Gasteiger partial charge in [-0.15, -0.1) is 0 Å². The number of hydrogen-bond donors (Lipinski definition) is 2. The van der Waals surface area contributed by atoms with Crippen LogP contribution in [-0.2, 0) is 19.4 Å². The van der Waals surface area contributed by atoms with Crippen molar-refractivity contribution in [3.05, 3.63) is 0 Å². The van der Waals surface area contributed by atoms with E-state index in [1.165, 1.54) is 0 Å². The minimum atomic E-state index is -3.32. The Labute approximate surface area is 86.8 Å². The Balaban J connectivity index is 2.81. The Morgan fingerprint density at radius 2 is 1.87 bits per heavy atom. The van der Waals surface area contributed by atoms with Crippen molar-refractivity contribution < 1.29 is 28.2 Å². The Hall–Kier alpha value is -1.11. The van der Waals surface area contributed by atoms with Crippen LogP contribution in [0.4, 0.5) is 0 Å². The van der Waals surface area contributed by atoms with Crippen molar-refractivity contribution in [3.8, 4) is 0 Å². The van der Waals surface area contributed by atoms with Crippen molar-refractivity contribution in [1.29, 1.82) is 0 Å². The molecule has 0 saturated carbocycles. The highest BCUT2D eigenvalue weighted by atomic mass is 32.2. The van der Waals surface area contributed by atoms with E-state index in [1.54, 1.807) is 0 Å². The SMILES string of the molecule is O=C(O)CC1CCS(=O)(=O)CC1C(=O)O. The maximum Gasteiger partial charge on any atom is 0.307 e. The minimum absolute atomic E-state index is 0.116. The molecule has 7 heteroatoms. The van der Waals surface area contributed by atoms with Crippen LogP contribution < -0.4 is 0 Å². The van der Waals surface area contributed by atoms with E-state index < -0.39 is 39.4 Å². The third kappa shape index (κ3) is 3.19. The van der Waals surface area contributed by atoms with Gasteiger partial charge in [0.1, 0.15) is 0 Å². The predicted molar refractivity (Wildman–Crippen MR) is 50.1 cm³/mol. The monoisotopic (exact) mass is 236 g/mol. The second-order valence-electron chi connectivity index (χ2n) is 3.71. The molecule has 1 aliphatic heterocycles. The maximum atomic E-state index is 11.2. The first kappa shape index (κ1) is 12.0. The molecular formula is C8H12O6S. The molecule has 15 heavy (non-hydrogen) atoms. The van der Waals surface area contributed by atoms with Crippen molar-refractivity contribution >= 4 is 21.8 Å². The van der Waals surface area contributed by atoms with Gasteiger partial charge in [0.15, 0.2) is 9.84 Å². The molecule has 0 spiro atoms. The maximum absolute atomic E-state index is 11.2. The molecule has 2 N–H and O–H groups in total. The van der Waals surface area contributed by atoms with Crippen LogP contribution in [0.2, 0.25) is 0 Å². The lowest BCUT2D eigenvalue weighted by molar-refractivity contribution is -0.144. The summed E-state index contributed by atoms with van der Waals surface area (Å²) in [7, 11) is -3.32. The van der Waals surface area contributed by atoms with Gasteiger partial charge in [-0.25, -0.2) is 8.42 Å². The highest BCUT2D eigenvalue weighted by Crippen LogP contribution is 2.28. The molecule has 0 aromatic heterocycles. The van der Waals surface area contributed by atoms with E-state index in [0.29, 0.717) is 0 Å². The minimum Gasteiger partial charge on any atom is -0.481 e. The Bertz CT molecular complexity index is 371. The van der Waals surface area contributed by atoms with Crippen LogP contribution >= 0.6 is 0 Å². The summed E-state index contributed by atoms with van der Waals surface area (Å²) >= 11 is 0. The third-order valence-corrected chi connectivity index (χ3v) is 4.28. The van der Waals surface area contributed by atoms with Crippen LogP contribution in [0.3, 0.4) is 0 Å². The molecule has 0 radical (unpaired) electrons. The van der Waals surface area contributed by atoms with Gasteiger partial charge in [0, 0.05) is 6.42 Å². The van der Waals surface area contributed by atoms with Crippen molar-refractivity contribution in [1.82, 2.24) is 0 Å². The van der Waals surface area contributed by atoms with Gasteiger partial charge in [0.2, 0.25) is 0 Å². The molecule has 1 fully saturated rings. The van der Waals surface area contributed by atoms with Crippen molar-refractivity contribution in [3.63, 3.8) is 0 Å². The standard InChI is InChI=1S/C8H12O6S/c9-7(10)3-5-1-2-15(13,14)4-6(5)8(11)12/h5-6H,1-4H2,(H,9,10)(H,11,12). The van der Waals surface area contributed by atoms with Crippen LogP contribution in [-0.4, -0.2) is 42.1 Å². The smallest absolute Gasteiger partial charge is 0.307 e. The first-order valence-corrected chi connectivity index (χ1v) is 6.29. The number of carboxylic acids is 2. The summed E-state index contributed by atoms with van der Waals surface area (Å²) in [6.45, 7) is 0. The molecule has 2 unspecified atom stereocenters. The fourth-order valence-electron chi connectivity index (χ4n) is 1.77. The largest absolute Gasteiger partial charge is 0.481 e. The summed E-state index contributed by atoms with van der Waals surface area (Å²) in [4.78, 5) is 21.2. The van der Waals surface area contributed by atoms with Gasteiger partial charge in [0.25, 0.3) is 0 Å². The van der Waals surface area contributed by atoms with E-state index in [1.807, 2.05) is 0 Å². The van der Waals surface area contributed by atoms with E-state index in [0.717, 1.165) is 0 Å². The molecule has 86 valence electrons. The molecule has 6 nitrogen and oxygen atoms in total. The summed E-state index contributed by atoms with van der Waals surface area (Å²) in [5.74, 6) is -4.55. The molecular weight excluding hydrogens is 224 g/mol. The fourth-order valence-corrected chi connectivity index (χ4v) is 3.56. The molecule has 0 amide bonds. The summed E-state index contributed by atoms with van der Waals surface area (Å²) < 4.78 is 22.4. The number of carboxylic acid groups (broad SMARTS) is 2. The number of aliphatic carboxylic acids is 2. The molecule has 1 aliphatic rings. The fraction of sp³-hybridized carbons (Fsp3) is 0.750. The lowest BCUT2D eigenvalue weighted by Gasteiger charge is -2.26. The van der Waals surface area contributed by atoms with E-state index in [2.05, 4.69) is 0 Å². The average molecular weight is 236 g/mol. The first-order valence-electron chi connectivity index (χ1n) is 4.47. The molecule has 0 aromatic rings. The van der Waals surface area contributed by atoms with Crippen LogP contribution in [0.1, 0.15) is 12.8 Å². The van der Waals surface area contributed by atoms with Crippen LogP contribution in [0.25, 0.3) is 0 Å². The normalized spacial score (nSPS) is 29.6. The van der Waals surface area contributed by atoms with Crippen LogP contribution in [0, 0.1) is 11.8 Å². The van der Waals surface area contributed by atoms with Gasteiger partial charge in [0.05, 0.1) is 17.4 Å². The Kier molecular flexibility index (Phi) is 3.33. The highest BCUT2D eigenvalue weighted by Gasteiger charge is 2.38. The molecule has 0 aromatic carbocycles. The summed E-state index contributed by atoms with van der Waals surface area (Å²) in [6.07, 6.45) is -0.169. The lowest BCUT2D eigenvalue weighted by Crippen LogP contribution is -2.38. The van der Waals surface area contributed by atoms with E-state index in [9.17, 15) is 18.0 Å². The van der Waals surface area contributed by atoms with Gasteiger partial charge in [-0.05, 0) is 12.3 Å². The van der Waals surface area contributed by atoms with E-state index in [-0.39, 0.29) is 18.6 Å². The number of rotatable bonds is 3. The summed E-state index contributed by atoms with van der Waals surface area (Å²) in [6, 6.07) is 0. The second-order valence-corrected chi connectivity index (χ2v) is 5.93. The molecule has 0 bridgehead atoms. The quantitative estimate of drug-likeness (QED) is 0.690. The molecule has 1 heterocycles. The molecule has 2 atom stereocenters. The molecule has 0 aliphatic carbocycles. The number of sulfone groups is 1. The average Bonchev–Trinajstić information content (AvgIpc) is 2.07. The third-order valence-electron chi connectivity index (χ3n) is 2.56. The molecule has 1 saturated heterocycles. The zero-order valence-corrected chi connectivity index (χ0v) is 8.74. The van der Waals surface area contributed by atoms with Crippen molar-refractivity contribution in [2.24, 2.45) is 11.8 Å². The topological polar surface area (TPSA) is 109 Å². The summed E-state index contributed by atoms with van der Waals surface area (Å²) in [5, 5.41) is 17.3. The van der Waals surface area contributed by atoms with Gasteiger partial charge in [-0.2, -0.15) is 0 Å². The van der Waals surface area contributed by atoms with Crippen molar-refractivity contribution in [2.45, 2.75) is 12.8 Å². The highest BCUT2D eigenvalue weighted by molar-refractivity contribution is 7.91. The van der Waals surface area contributed by atoms with Crippen LogP contribution in [0.15, 0.2) is 0 Å². The zero-order chi connectivity index (χ0) is 11.6. The lowest BCUT2D eigenvalue weighted by atomic mass is 9.88. The molecule has 1 rings (SSSR count). The van der Waals surface area contributed by atoms with Crippen molar-refractivity contribution in [2.75, 3.05) is 11.5 Å². The number of hydrogen-bond acceptors (Lipinski definition) is 4. The Morgan fingerprint density at radius 1 is 1.27 bits per heavy atom. The van der Waals surface area contributed by atoms with Gasteiger partial charge in [-0.1, -0.05) is 0 Å². The van der Waals surface area contributed by atoms with E-state index >= 15 is 0 Å². The van der Waals surface area contributed by atoms with Gasteiger partial charge < -0.3 is 10.2 Å². The Morgan fingerprint density at radius 3 is 2.33 bits per heavy atom. The zero-order valence-electron chi connectivity index (χ0n) is 7.92.